The Bertz CT molecular complexity index is 1180. The number of carbonyl (C=O) groups is 3. The quantitative estimate of drug-likeness (QED) is 0.446. The lowest BCUT2D eigenvalue weighted by atomic mass is 9.78. The van der Waals surface area contributed by atoms with Crippen LogP contribution in [-0.2, 0) is 19.1 Å². The van der Waals surface area contributed by atoms with Gasteiger partial charge in [0.1, 0.15) is 5.92 Å². The van der Waals surface area contributed by atoms with Crippen molar-refractivity contribution in [1.82, 2.24) is 5.32 Å². The molecule has 3 rings (SSSR count). The molecular formula is C23H19Cl2N3O4S. The van der Waals surface area contributed by atoms with Gasteiger partial charge in [-0.25, -0.2) is 0 Å². The van der Waals surface area contributed by atoms with Gasteiger partial charge in [-0.1, -0.05) is 53.2 Å². The molecule has 0 saturated heterocycles. The number of esters is 1. The largest absolute Gasteiger partial charge is 0.468 e. The highest BCUT2D eigenvalue weighted by Crippen LogP contribution is 2.40. The maximum Gasteiger partial charge on any atom is 0.319 e. The molecule has 7 nitrogen and oxygen atoms in total. The summed E-state index contributed by atoms with van der Waals surface area (Å²) in [4.78, 5) is 37.7. The normalized spacial score (nSPS) is 17.7. The van der Waals surface area contributed by atoms with Crippen LogP contribution < -0.4 is 10.6 Å². The monoisotopic (exact) mass is 503 g/mol. The Hall–Kier alpha value is -2.99. The Balaban J connectivity index is 1.87. The first-order chi connectivity index (χ1) is 15.7. The van der Waals surface area contributed by atoms with E-state index in [9.17, 15) is 19.6 Å². The molecule has 0 saturated carbocycles. The molecule has 0 spiro atoms. The highest BCUT2D eigenvalue weighted by molar-refractivity contribution is 8.03. The number of halogens is 2. The zero-order valence-corrected chi connectivity index (χ0v) is 20.0. The summed E-state index contributed by atoms with van der Waals surface area (Å²) in [6, 6.07) is 13.8. The minimum absolute atomic E-state index is 0.0808. The molecule has 0 radical (unpaired) electrons. The second-order valence-electron chi connectivity index (χ2n) is 7.17. The van der Waals surface area contributed by atoms with E-state index in [1.165, 1.54) is 7.11 Å². The topological polar surface area (TPSA) is 108 Å². The number of benzene rings is 2. The number of amides is 2. The minimum Gasteiger partial charge on any atom is -0.468 e. The van der Waals surface area contributed by atoms with Crippen LogP contribution in [0.15, 0.2) is 53.1 Å². The van der Waals surface area contributed by atoms with Crippen LogP contribution >= 0.6 is 35.0 Å². The van der Waals surface area contributed by atoms with Crippen LogP contribution in [0.4, 0.5) is 5.69 Å². The van der Waals surface area contributed by atoms with Gasteiger partial charge in [0.2, 0.25) is 11.8 Å². The van der Waals surface area contributed by atoms with Crippen LogP contribution in [0, 0.1) is 24.2 Å². The van der Waals surface area contributed by atoms with Crippen molar-refractivity contribution in [3.8, 4) is 6.07 Å². The van der Waals surface area contributed by atoms with Gasteiger partial charge in [-0.15, -0.1) is 0 Å². The zero-order chi connectivity index (χ0) is 24.1. The average Bonchev–Trinajstić information content (AvgIpc) is 2.79. The van der Waals surface area contributed by atoms with E-state index in [1.54, 1.807) is 42.5 Å². The molecular weight excluding hydrogens is 485 g/mol. The molecule has 0 fully saturated rings. The molecule has 2 N–H and O–H groups in total. The summed E-state index contributed by atoms with van der Waals surface area (Å²) < 4.78 is 4.81. The van der Waals surface area contributed by atoms with E-state index in [-0.39, 0.29) is 22.3 Å². The van der Waals surface area contributed by atoms with Crippen molar-refractivity contribution in [1.29, 1.82) is 5.26 Å². The van der Waals surface area contributed by atoms with Crippen molar-refractivity contribution in [2.75, 3.05) is 18.2 Å². The lowest BCUT2D eigenvalue weighted by Crippen LogP contribution is -2.44. The summed E-state index contributed by atoms with van der Waals surface area (Å²) in [6.45, 7) is 1.85. The van der Waals surface area contributed by atoms with Crippen molar-refractivity contribution in [2.24, 2.45) is 5.92 Å². The highest BCUT2D eigenvalue weighted by Gasteiger charge is 2.44. The molecule has 170 valence electrons. The number of methoxy groups -OCH3 is 1. The van der Waals surface area contributed by atoms with Crippen LogP contribution in [0.2, 0.25) is 10.0 Å². The Morgan fingerprint density at radius 1 is 1.21 bits per heavy atom. The highest BCUT2D eigenvalue weighted by atomic mass is 35.5. The molecule has 0 aliphatic carbocycles. The predicted octanol–water partition coefficient (Wildman–Crippen LogP) is 4.41. The van der Waals surface area contributed by atoms with Gasteiger partial charge >= 0.3 is 5.97 Å². The first-order valence-electron chi connectivity index (χ1n) is 9.72. The number of nitriles is 1. The van der Waals surface area contributed by atoms with E-state index >= 15 is 0 Å². The number of rotatable bonds is 6. The molecule has 0 bridgehead atoms. The first-order valence-corrected chi connectivity index (χ1v) is 11.5. The number of allylic oxidation sites excluding steroid dienone is 1. The van der Waals surface area contributed by atoms with E-state index in [4.69, 9.17) is 27.9 Å². The van der Waals surface area contributed by atoms with Crippen LogP contribution in [0.1, 0.15) is 17.0 Å². The van der Waals surface area contributed by atoms with Gasteiger partial charge in [0.15, 0.2) is 0 Å². The molecule has 10 heteroatoms. The number of nitrogens with zero attached hydrogens (tertiary/aromatic N) is 1. The fourth-order valence-corrected chi connectivity index (χ4v) is 4.51. The molecule has 0 aromatic heterocycles. The number of ether oxygens (including phenoxy) is 1. The van der Waals surface area contributed by atoms with E-state index in [2.05, 4.69) is 16.7 Å². The second-order valence-corrected chi connectivity index (χ2v) is 9.00. The number of carbonyl (C=O) groups excluding carboxylic acids is 3. The van der Waals surface area contributed by atoms with Crippen LogP contribution in [0.5, 0.6) is 0 Å². The van der Waals surface area contributed by atoms with E-state index in [1.807, 2.05) is 6.92 Å². The van der Waals surface area contributed by atoms with Crippen molar-refractivity contribution in [3.63, 3.8) is 0 Å². The predicted molar refractivity (Wildman–Crippen MR) is 128 cm³/mol. The number of hydrogen-bond donors (Lipinski definition) is 2. The van der Waals surface area contributed by atoms with E-state index in [0.717, 1.165) is 17.3 Å². The first kappa shape index (κ1) is 24.6. The summed E-state index contributed by atoms with van der Waals surface area (Å²) in [5, 5.41) is 16.4. The minimum atomic E-state index is -1.25. The Labute approximate surface area is 205 Å². The number of nitrogens with one attached hydrogen (secondary N) is 2. The third-order valence-electron chi connectivity index (χ3n) is 5.02. The zero-order valence-electron chi connectivity index (χ0n) is 17.6. The maximum atomic E-state index is 12.8. The van der Waals surface area contributed by atoms with Crippen molar-refractivity contribution >= 4 is 58.4 Å². The van der Waals surface area contributed by atoms with Gasteiger partial charge in [-0.2, -0.15) is 5.26 Å². The lowest BCUT2D eigenvalue weighted by molar-refractivity contribution is -0.150. The molecule has 2 atom stereocenters. The van der Waals surface area contributed by atoms with Crippen molar-refractivity contribution < 1.29 is 19.1 Å². The molecule has 1 heterocycles. The summed E-state index contributed by atoms with van der Waals surface area (Å²) in [7, 11) is 1.18. The lowest BCUT2D eigenvalue weighted by Gasteiger charge is -2.30. The molecule has 2 aromatic carbocycles. The Morgan fingerprint density at radius 3 is 2.52 bits per heavy atom. The standard InChI is InChI=1S/C23H19Cl2N3O4S/c1-12-3-8-15(9-17(12)25)27-18(29)11-33-22-16(10-26)19(13-4-6-14(24)7-5-13)20(21(30)28-22)23(31)32-2/h3-9,19-20H,11H2,1-2H3,(H,27,29)(H,28,30)/t19-,20-/m1/s1. The Kier molecular flexibility index (Phi) is 8.03. The second kappa shape index (κ2) is 10.8. The van der Waals surface area contributed by atoms with Crippen LogP contribution in [0.25, 0.3) is 0 Å². The molecule has 1 aliphatic rings. The molecule has 33 heavy (non-hydrogen) atoms. The van der Waals surface area contributed by atoms with Gasteiger partial charge in [0.05, 0.1) is 29.5 Å². The average molecular weight is 504 g/mol. The molecule has 0 unspecified atom stereocenters. The number of hydrogen-bond acceptors (Lipinski definition) is 6. The van der Waals surface area contributed by atoms with Crippen molar-refractivity contribution in [2.45, 2.75) is 12.8 Å². The SMILES string of the molecule is COC(=O)[C@H]1C(=O)NC(SCC(=O)Nc2ccc(C)c(Cl)c2)=C(C#N)[C@H]1c1ccc(Cl)cc1. The fraction of sp³-hybridized carbons (Fsp3) is 0.217. The van der Waals surface area contributed by atoms with E-state index < -0.39 is 23.7 Å². The summed E-state index contributed by atoms with van der Waals surface area (Å²) in [5.41, 5.74) is 2.12. The smallest absolute Gasteiger partial charge is 0.319 e. The summed E-state index contributed by atoms with van der Waals surface area (Å²) >= 11 is 13.1. The van der Waals surface area contributed by atoms with Crippen molar-refractivity contribution in [3.05, 3.63) is 74.2 Å². The number of anilines is 1. The van der Waals surface area contributed by atoms with Gasteiger partial charge in [0, 0.05) is 21.7 Å². The molecule has 2 aromatic rings. The molecule has 2 amide bonds. The Morgan fingerprint density at radius 2 is 1.91 bits per heavy atom. The maximum absolute atomic E-state index is 12.8. The third-order valence-corrected chi connectivity index (χ3v) is 6.69. The molecule has 1 aliphatic heterocycles. The van der Waals surface area contributed by atoms with Gasteiger partial charge in [-0.3, -0.25) is 14.4 Å². The third kappa shape index (κ3) is 5.69. The van der Waals surface area contributed by atoms with Gasteiger partial charge in [0.25, 0.3) is 0 Å². The summed E-state index contributed by atoms with van der Waals surface area (Å²) in [5.74, 6) is -3.94. The number of aryl methyl sites for hydroxylation is 1. The summed E-state index contributed by atoms with van der Waals surface area (Å²) in [6.07, 6.45) is 0. The number of thioether (sulfide) groups is 1. The van der Waals surface area contributed by atoms with Gasteiger partial charge in [-0.05, 0) is 42.3 Å². The van der Waals surface area contributed by atoms with E-state index in [0.29, 0.717) is 21.3 Å². The van der Waals surface area contributed by atoms with Crippen LogP contribution in [-0.4, -0.2) is 30.6 Å². The van der Waals surface area contributed by atoms with Crippen LogP contribution in [0.3, 0.4) is 0 Å². The fourth-order valence-electron chi connectivity index (χ4n) is 3.36. The van der Waals surface area contributed by atoms with Gasteiger partial charge < -0.3 is 15.4 Å².